The van der Waals surface area contributed by atoms with Gasteiger partial charge in [-0.15, -0.1) is 0 Å². The zero-order chi connectivity index (χ0) is 24.0. The minimum absolute atomic E-state index is 0.0316. The standard InChI is InChI=1S/C27H26N6O2/c1-2-5-25(34)31-20-8-3-6-18(14-20)22-9-4-7-19-15-30-27(33-26(19)22)32-21-10-11-23(29-16-21)24-17-28-12-13-35-24/h2-11,14-16,24,28H,12-13,17H2,1H3,(H,31,34)(H,30,32,33)/b5-2+. The van der Waals surface area contributed by atoms with Gasteiger partial charge < -0.3 is 20.7 Å². The van der Waals surface area contributed by atoms with Crippen molar-refractivity contribution in [2.24, 2.45) is 0 Å². The molecule has 0 spiro atoms. The SMILES string of the molecule is C/C=C/C(=O)Nc1cccc(-c2cccc3cnc(Nc4ccc(C5CNCCO5)nc4)nc23)c1. The molecule has 2 aromatic carbocycles. The number of aromatic nitrogens is 3. The molecule has 1 atom stereocenters. The van der Waals surface area contributed by atoms with Gasteiger partial charge in [0.2, 0.25) is 11.9 Å². The Labute approximate surface area is 203 Å². The molecule has 8 heteroatoms. The van der Waals surface area contributed by atoms with E-state index in [1.807, 2.05) is 61.5 Å². The van der Waals surface area contributed by atoms with Gasteiger partial charge in [0.15, 0.2) is 0 Å². The molecule has 0 saturated carbocycles. The minimum Gasteiger partial charge on any atom is -0.369 e. The number of hydrogen-bond donors (Lipinski definition) is 3. The van der Waals surface area contributed by atoms with E-state index in [9.17, 15) is 4.79 Å². The monoisotopic (exact) mass is 466 g/mol. The van der Waals surface area contributed by atoms with Crippen LogP contribution in [-0.4, -0.2) is 40.6 Å². The first-order valence-corrected chi connectivity index (χ1v) is 11.5. The Balaban J connectivity index is 1.40. The van der Waals surface area contributed by atoms with E-state index < -0.39 is 0 Å². The van der Waals surface area contributed by atoms with Crippen molar-refractivity contribution in [2.75, 3.05) is 30.3 Å². The topological polar surface area (TPSA) is 101 Å². The number of carbonyl (C=O) groups excluding carboxylic acids is 1. The van der Waals surface area contributed by atoms with Gasteiger partial charge in [-0.25, -0.2) is 9.97 Å². The van der Waals surface area contributed by atoms with Crippen molar-refractivity contribution < 1.29 is 9.53 Å². The highest BCUT2D eigenvalue weighted by atomic mass is 16.5. The van der Waals surface area contributed by atoms with Gasteiger partial charge in [0, 0.05) is 35.9 Å². The number of amides is 1. The number of nitrogens with zero attached hydrogens (tertiary/aromatic N) is 3. The Hall–Kier alpha value is -4.14. The summed E-state index contributed by atoms with van der Waals surface area (Å²) >= 11 is 0. The smallest absolute Gasteiger partial charge is 0.248 e. The number of fused-ring (bicyclic) bond motifs is 1. The van der Waals surface area contributed by atoms with Gasteiger partial charge in [0.1, 0.15) is 6.10 Å². The fourth-order valence-electron chi connectivity index (χ4n) is 4.00. The number of nitrogens with one attached hydrogen (secondary N) is 3. The summed E-state index contributed by atoms with van der Waals surface area (Å²) in [5.74, 6) is 0.315. The molecule has 1 unspecified atom stereocenters. The van der Waals surface area contributed by atoms with Gasteiger partial charge in [-0.05, 0) is 42.8 Å². The Bertz CT molecular complexity index is 1360. The third kappa shape index (κ3) is 5.34. The van der Waals surface area contributed by atoms with Crippen molar-refractivity contribution in [3.63, 3.8) is 0 Å². The molecule has 0 aliphatic carbocycles. The van der Waals surface area contributed by atoms with Gasteiger partial charge >= 0.3 is 0 Å². The number of ether oxygens (including phenoxy) is 1. The first kappa shape index (κ1) is 22.6. The molecule has 8 nitrogen and oxygen atoms in total. The van der Waals surface area contributed by atoms with Crippen LogP contribution in [0.2, 0.25) is 0 Å². The summed E-state index contributed by atoms with van der Waals surface area (Å²) in [7, 11) is 0. The van der Waals surface area contributed by atoms with Crippen LogP contribution in [0.25, 0.3) is 22.0 Å². The number of rotatable bonds is 6. The molecule has 0 bridgehead atoms. The molecule has 1 aliphatic heterocycles. The fraction of sp³-hybridized carbons (Fsp3) is 0.185. The van der Waals surface area contributed by atoms with E-state index in [0.29, 0.717) is 12.6 Å². The van der Waals surface area contributed by atoms with Crippen LogP contribution in [0.3, 0.4) is 0 Å². The maximum Gasteiger partial charge on any atom is 0.248 e. The largest absolute Gasteiger partial charge is 0.369 e. The van der Waals surface area contributed by atoms with Gasteiger partial charge in [0.25, 0.3) is 0 Å². The summed E-state index contributed by atoms with van der Waals surface area (Å²) in [6.45, 7) is 4.12. The summed E-state index contributed by atoms with van der Waals surface area (Å²) in [6, 6.07) is 17.6. The predicted molar refractivity (Wildman–Crippen MR) is 138 cm³/mol. The molecule has 1 saturated heterocycles. The molecule has 1 aliphatic rings. The van der Waals surface area contributed by atoms with Crippen LogP contribution in [0.4, 0.5) is 17.3 Å². The predicted octanol–water partition coefficient (Wildman–Crippen LogP) is 4.61. The Kier molecular flexibility index (Phi) is 6.74. The number of carbonyl (C=O) groups is 1. The van der Waals surface area contributed by atoms with Gasteiger partial charge in [-0.1, -0.05) is 36.4 Å². The maximum atomic E-state index is 12.0. The number of anilines is 3. The van der Waals surface area contributed by atoms with E-state index in [1.165, 1.54) is 6.08 Å². The van der Waals surface area contributed by atoms with Crippen molar-refractivity contribution in [1.29, 1.82) is 0 Å². The second kappa shape index (κ2) is 10.4. The number of benzene rings is 2. The lowest BCUT2D eigenvalue weighted by Gasteiger charge is -2.23. The molecule has 176 valence electrons. The molecule has 1 fully saturated rings. The van der Waals surface area contributed by atoms with Crippen LogP contribution in [0.15, 0.2) is 79.1 Å². The van der Waals surface area contributed by atoms with Crippen LogP contribution in [0, 0.1) is 0 Å². The lowest BCUT2D eigenvalue weighted by atomic mass is 10.0. The molecule has 0 radical (unpaired) electrons. The van der Waals surface area contributed by atoms with Crippen LogP contribution >= 0.6 is 0 Å². The Morgan fingerprint density at radius 2 is 2.00 bits per heavy atom. The fourth-order valence-corrected chi connectivity index (χ4v) is 4.00. The minimum atomic E-state index is -0.165. The molecule has 3 N–H and O–H groups in total. The van der Waals surface area contributed by atoms with E-state index in [2.05, 4.69) is 25.9 Å². The van der Waals surface area contributed by atoms with E-state index in [4.69, 9.17) is 9.72 Å². The van der Waals surface area contributed by atoms with Crippen molar-refractivity contribution in [3.8, 4) is 11.1 Å². The van der Waals surface area contributed by atoms with Gasteiger partial charge in [-0.2, -0.15) is 0 Å². The van der Waals surface area contributed by atoms with Crippen LogP contribution in [-0.2, 0) is 9.53 Å². The molecule has 35 heavy (non-hydrogen) atoms. The number of hydrogen-bond acceptors (Lipinski definition) is 7. The van der Waals surface area contributed by atoms with Gasteiger partial charge in [0.05, 0.1) is 29.7 Å². The second-order valence-corrected chi connectivity index (χ2v) is 8.17. The number of allylic oxidation sites excluding steroid dienone is 1. The van der Waals surface area contributed by atoms with E-state index >= 15 is 0 Å². The lowest BCUT2D eigenvalue weighted by molar-refractivity contribution is -0.111. The molecule has 4 aromatic rings. The van der Waals surface area contributed by atoms with Crippen molar-refractivity contribution in [1.82, 2.24) is 20.3 Å². The van der Waals surface area contributed by atoms with E-state index in [1.54, 1.807) is 18.5 Å². The first-order chi connectivity index (χ1) is 17.2. The molecular weight excluding hydrogens is 440 g/mol. The van der Waals surface area contributed by atoms with Crippen LogP contribution in [0.5, 0.6) is 0 Å². The number of morpholine rings is 1. The highest BCUT2D eigenvalue weighted by Crippen LogP contribution is 2.30. The summed E-state index contributed by atoms with van der Waals surface area (Å²) in [4.78, 5) is 25.8. The quantitative estimate of drug-likeness (QED) is 0.357. The van der Waals surface area contributed by atoms with Crippen molar-refractivity contribution in [3.05, 3.63) is 84.8 Å². The summed E-state index contributed by atoms with van der Waals surface area (Å²) in [5.41, 5.74) is 5.12. The Morgan fingerprint density at radius 3 is 2.80 bits per heavy atom. The average Bonchev–Trinajstić information content (AvgIpc) is 2.89. The lowest BCUT2D eigenvalue weighted by Crippen LogP contribution is -2.33. The molecule has 1 amide bonds. The second-order valence-electron chi connectivity index (χ2n) is 8.17. The highest BCUT2D eigenvalue weighted by Gasteiger charge is 2.17. The highest BCUT2D eigenvalue weighted by molar-refractivity contribution is 6.00. The zero-order valence-corrected chi connectivity index (χ0v) is 19.4. The summed E-state index contributed by atoms with van der Waals surface area (Å²) in [6.07, 6.45) is 6.74. The normalized spacial score (nSPS) is 15.9. The third-order valence-electron chi connectivity index (χ3n) is 5.67. The Morgan fingerprint density at radius 1 is 1.09 bits per heavy atom. The molecule has 5 rings (SSSR count). The van der Waals surface area contributed by atoms with Crippen LogP contribution in [0.1, 0.15) is 18.7 Å². The molecule has 3 heterocycles. The van der Waals surface area contributed by atoms with Crippen molar-refractivity contribution >= 4 is 34.1 Å². The van der Waals surface area contributed by atoms with E-state index in [-0.39, 0.29) is 12.0 Å². The summed E-state index contributed by atoms with van der Waals surface area (Å²) in [5, 5.41) is 10.4. The van der Waals surface area contributed by atoms with E-state index in [0.717, 1.165) is 52.2 Å². The van der Waals surface area contributed by atoms with Crippen LogP contribution < -0.4 is 16.0 Å². The summed E-state index contributed by atoms with van der Waals surface area (Å²) < 4.78 is 5.77. The number of para-hydroxylation sites is 1. The van der Waals surface area contributed by atoms with Crippen molar-refractivity contribution in [2.45, 2.75) is 13.0 Å². The zero-order valence-electron chi connectivity index (χ0n) is 19.4. The first-order valence-electron chi connectivity index (χ1n) is 11.5. The maximum absolute atomic E-state index is 12.0. The molecule has 2 aromatic heterocycles. The van der Waals surface area contributed by atoms with Gasteiger partial charge in [-0.3, -0.25) is 9.78 Å². The average molecular weight is 467 g/mol. The molecular formula is C27H26N6O2. The third-order valence-corrected chi connectivity index (χ3v) is 5.67. The number of pyridine rings is 1.